The zero-order valence-corrected chi connectivity index (χ0v) is 6.15. The van der Waals surface area contributed by atoms with E-state index in [1.807, 2.05) is 24.3 Å². The fraction of sp³-hybridized carbons (Fsp3) is 0.111. The van der Waals surface area contributed by atoms with Gasteiger partial charge in [0.1, 0.15) is 0 Å². The third-order valence-electron chi connectivity index (χ3n) is 1.66. The second-order valence-electron chi connectivity index (χ2n) is 2.37. The van der Waals surface area contributed by atoms with Crippen molar-refractivity contribution >= 4 is 17.7 Å². The molecule has 0 fully saturated rings. The first-order valence-electron chi connectivity index (χ1n) is 3.21. The lowest BCUT2D eigenvalue weighted by Crippen LogP contribution is -1.78. The average molecular weight is 150 g/mol. The van der Waals surface area contributed by atoms with Crippen LogP contribution >= 0.6 is 11.6 Å². The van der Waals surface area contributed by atoms with Crippen LogP contribution in [0.2, 0.25) is 5.02 Å². The quantitative estimate of drug-likeness (QED) is 0.532. The second-order valence-corrected chi connectivity index (χ2v) is 2.80. The SMILES string of the molecule is Clc1ccc2c(c1)C=[C]C2. The number of hydrogen-bond donors (Lipinski definition) is 0. The Hall–Kier alpha value is -0.750. The van der Waals surface area contributed by atoms with Crippen molar-refractivity contribution in [3.63, 3.8) is 0 Å². The molecule has 0 amide bonds. The molecule has 0 spiro atoms. The molecule has 2 rings (SSSR count). The van der Waals surface area contributed by atoms with Crippen LogP contribution in [0.25, 0.3) is 6.08 Å². The molecule has 1 aliphatic rings. The topological polar surface area (TPSA) is 0 Å². The van der Waals surface area contributed by atoms with Crippen LogP contribution in [0, 0.1) is 6.08 Å². The molecule has 0 aromatic heterocycles. The number of fused-ring (bicyclic) bond motifs is 1. The molecule has 0 atom stereocenters. The summed E-state index contributed by atoms with van der Waals surface area (Å²) in [5.74, 6) is 0. The van der Waals surface area contributed by atoms with E-state index in [-0.39, 0.29) is 0 Å². The summed E-state index contributed by atoms with van der Waals surface area (Å²) in [6, 6.07) is 5.94. The average Bonchev–Trinajstić information content (AvgIpc) is 2.33. The molecule has 0 heterocycles. The Morgan fingerprint density at radius 3 is 3.20 bits per heavy atom. The maximum Gasteiger partial charge on any atom is 0.0412 e. The number of benzene rings is 1. The Balaban J connectivity index is 2.60. The van der Waals surface area contributed by atoms with Crippen LogP contribution in [0.5, 0.6) is 0 Å². The first-order chi connectivity index (χ1) is 4.86. The predicted octanol–water partition coefficient (Wildman–Crippen LogP) is 2.71. The first-order valence-corrected chi connectivity index (χ1v) is 3.59. The lowest BCUT2D eigenvalue weighted by Gasteiger charge is -1.96. The van der Waals surface area contributed by atoms with E-state index in [9.17, 15) is 0 Å². The van der Waals surface area contributed by atoms with Gasteiger partial charge in [-0.25, -0.2) is 0 Å². The smallest absolute Gasteiger partial charge is 0.0412 e. The molecular formula is C9H6Cl. The van der Waals surface area contributed by atoms with Gasteiger partial charge in [0.25, 0.3) is 0 Å². The number of halogens is 1. The third kappa shape index (κ3) is 0.850. The molecule has 0 saturated carbocycles. The molecule has 0 N–H and O–H groups in total. The summed E-state index contributed by atoms with van der Waals surface area (Å²) >= 11 is 5.78. The Kier molecular flexibility index (Phi) is 1.28. The van der Waals surface area contributed by atoms with Crippen molar-refractivity contribution in [2.24, 2.45) is 0 Å². The highest BCUT2D eigenvalue weighted by molar-refractivity contribution is 6.30. The third-order valence-corrected chi connectivity index (χ3v) is 1.89. The summed E-state index contributed by atoms with van der Waals surface area (Å²) in [5, 5.41) is 0.804. The van der Waals surface area contributed by atoms with Gasteiger partial charge >= 0.3 is 0 Å². The van der Waals surface area contributed by atoms with Crippen molar-refractivity contribution in [1.82, 2.24) is 0 Å². The summed E-state index contributed by atoms with van der Waals surface area (Å²) < 4.78 is 0. The van der Waals surface area contributed by atoms with Gasteiger partial charge in [-0.1, -0.05) is 23.7 Å². The van der Waals surface area contributed by atoms with Crippen molar-refractivity contribution < 1.29 is 0 Å². The van der Waals surface area contributed by atoms with Gasteiger partial charge in [-0.2, -0.15) is 0 Å². The normalized spacial score (nSPS) is 13.7. The van der Waals surface area contributed by atoms with Gasteiger partial charge in [-0.05, 0) is 35.8 Å². The van der Waals surface area contributed by atoms with E-state index in [0.717, 1.165) is 11.4 Å². The molecule has 0 aliphatic heterocycles. The highest BCUT2D eigenvalue weighted by Gasteiger charge is 2.03. The Morgan fingerprint density at radius 2 is 2.30 bits per heavy atom. The number of rotatable bonds is 0. The van der Waals surface area contributed by atoms with Crippen molar-refractivity contribution in [3.05, 3.63) is 40.4 Å². The van der Waals surface area contributed by atoms with Crippen LogP contribution in [-0.2, 0) is 6.42 Å². The molecule has 1 heteroatoms. The molecule has 0 bridgehead atoms. The summed E-state index contributed by atoms with van der Waals surface area (Å²) in [5.41, 5.74) is 2.54. The van der Waals surface area contributed by atoms with E-state index in [4.69, 9.17) is 11.6 Å². The fourth-order valence-corrected chi connectivity index (χ4v) is 1.31. The van der Waals surface area contributed by atoms with Gasteiger partial charge < -0.3 is 0 Å². The Morgan fingerprint density at radius 1 is 1.40 bits per heavy atom. The van der Waals surface area contributed by atoms with E-state index in [1.165, 1.54) is 11.1 Å². The van der Waals surface area contributed by atoms with Gasteiger partial charge in [0.05, 0.1) is 0 Å². The number of allylic oxidation sites excluding steroid dienone is 1. The van der Waals surface area contributed by atoms with Crippen molar-refractivity contribution in [2.45, 2.75) is 6.42 Å². The highest BCUT2D eigenvalue weighted by atomic mass is 35.5. The summed E-state index contributed by atoms with van der Waals surface area (Å²) in [6.45, 7) is 0. The zero-order valence-electron chi connectivity index (χ0n) is 5.39. The minimum atomic E-state index is 0.804. The van der Waals surface area contributed by atoms with E-state index in [2.05, 4.69) is 6.08 Å². The zero-order chi connectivity index (χ0) is 6.97. The van der Waals surface area contributed by atoms with Gasteiger partial charge in [-0.3, -0.25) is 0 Å². The van der Waals surface area contributed by atoms with Gasteiger partial charge in [0, 0.05) is 5.02 Å². The van der Waals surface area contributed by atoms with Crippen LogP contribution in [-0.4, -0.2) is 0 Å². The van der Waals surface area contributed by atoms with Crippen molar-refractivity contribution in [2.75, 3.05) is 0 Å². The molecular weight excluding hydrogens is 144 g/mol. The Bertz CT molecular complexity index is 287. The minimum Gasteiger partial charge on any atom is -0.0843 e. The van der Waals surface area contributed by atoms with Gasteiger partial charge in [0.15, 0.2) is 0 Å². The minimum absolute atomic E-state index is 0.804. The maximum atomic E-state index is 5.78. The van der Waals surface area contributed by atoms with Crippen LogP contribution in [0.15, 0.2) is 18.2 Å². The largest absolute Gasteiger partial charge is 0.0843 e. The fourth-order valence-electron chi connectivity index (χ4n) is 1.13. The standard InChI is InChI=1S/C9H6Cl/c10-9-5-4-7-2-1-3-8(7)6-9/h3-6H,2H2. The van der Waals surface area contributed by atoms with Gasteiger partial charge in [-0.15, -0.1) is 0 Å². The molecule has 49 valence electrons. The summed E-state index contributed by atoms with van der Waals surface area (Å²) in [7, 11) is 0. The second kappa shape index (κ2) is 2.14. The van der Waals surface area contributed by atoms with E-state index in [1.54, 1.807) is 0 Å². The predicted molar refractivity (Wildman–Crippen MR) is 42.9 cm³/mol. The molecule has 0 nitrogen and oxygen atoms in total. The monoisotopic (exact) mass is 149 g/mol. The molecule has 1 aromatic rings. The summed E-state index contributed by atoms with van der Waals surface area (Å²) in [4.78, 5) is 0. The summed E-state index contributed by atoms with van der Waals surface area (Å²) in [6.07, 6.45) is 6.06. The molecule has 0 saturated heterocycles. The Labute approximate surface area is 65.1 Å². The lowest BCUT2D eigenvalue weighted by molar-refractivity contribution is 1.28. The van der Waals surface area contributed by atoms with Crippen LogP contribution < -0.4 is 0 Å². The van der Waals surface area contributed by atoms with E-state index in [0.29, 0.717) is 0 Å². The van der Waals surface area contributed by atoms with Crippen LogP contribution in [0.3, 0.4) is 0 Å². The van der Waals surface area contributed by atoms with Crippen LogP contribution in [0.4, 0.5) is 0 Å². The molecule has 1 aromatic carbocycles. The molecule has 1 radical (unpaired) electrons. The molecule has 0 unspecified atom stereocenters. The van der Waals surface area contributed by atoms with Crippen LogP contribution in [0.1, 0.15) is 11.1 Å². The molecule has 1 aliphatic carbocycles. The number of hydrogen-bond acceptors (Lipinski definition) is 0. The van der Waals surface area contributed by atoms with Crippen molar-refractivity contribution in [1.29, 1.82) is 0 Å². The van der Waals surface area contributed by atoms with E-state index >= 15 is 0 Å². The maximum absolute atomic E-state index is 5.78. The van der Waals surface area contributed by atoms with Gasteiger partial charge in [0.2, 0.25) is 0 Å². The lowest BCUT2D eigenvalue weighted by atomic mass is 10.1. The first kappa shape index (κ1) is 5.99. The van der Waals surface area contributed by atoms with Crippen molar-refractivity contribution in [3.8, 4) is 0 Å². The molecule has 10 heavy (non-hydrogen) atoms. The highest BCUT2D eigenvalue weighted by Crippen LogP contribution is 2.21. The van der Waals surface area contributed by atoms with E-state index < -0.39 is 0 Å².